The topological polar surface area (TPSA) is 37.4 Å². The highest BCUT2D eigenvalue weighted by molar-refractivity contribution is 6.02. The van der Waals surface area contributed by atoms with Crippen LogP contribution in [0.25, 0.3) is 0 Å². The number of hydrogen-bond acceptors (Lipinski definition) is 2. The Bertz CT molecular complexity index is 255. The third-order valence-corrected chi connectivity index (χ3v) is 2.82. The second-order valence-corrected chi connectivity index (χ2v) is 4.25. The minimum Gasteiger partial charge on any atom is -0.274 e. The van der Waals surface area contributed by atoms with Gasteiger partial charge in [-0.3, -0.25) is 14.5 Å². The predicted octanol–water partition coefficient (Wildman–Crippen LogP) is 3.01. The molecule has 1 saturated heterocycles. The van der Waals surface area contributed by atoms with Crippen molar-refractivity contribution in [1.29, 1.82) is 0 Å². The maximum absolute atomic E-state index is 11.2. The Hall–Kier alpha value is -1.12. The van der Waals surface area contributed by atoms with Crippen molar-refractivity contribution in [1.82, 2.24) is 4.90 Å². The molecule has 1 rings (SSSR count). The molecular formula is C13H21NO2. The van der Waals surface area contributed by atoms with Gasteiger partial charge in [0.1, 0.15) is 0 Å². The van der Waals surface area contributed by atoms with Crippen molar-refractivity contribution in [2.24, 2.45) is 0 Å². The lowest BCUT2D eigenvalue weighted by molar-refractivity contribution is -0.135. The molecule has 0 saturated carbocycles. The van der Waals surface area contributed by atoms with Crippen LogP contribution in [0.2, 0.25) is 0 Å². The van der Waals surface area contributed by atoms with Crippen LogP contribution in [0.1, 0.15) is 58.3 Å². The normalized spacial score (nSPS) is 16.7. The van der Waals surface area contributed by atoms with Crippen molar-refractivity contribution in [3.63, 3.8) is 0 Å². The zero-order valence-corrected chi connectivity index (χ0v) is 10.1. The maximum atomic E-state index is 11.2. The van der Waals surface area contributed by atoms with E-state index in [2.05, 4.69) is 6.92 Å². The smallest absolute Gasteiger partial charge is 0.233 e. The summed E-state index contributed by atoms with van der Waals surface area (Å²) in [6, 6.07) is 0. The second-order valence-electron chi connectivity index (χ2n) is 4.25. The minimum atomic E-state index is -0.0627. The number of imide groups is 1. The first-order valence-corrected chi connectivity index (χ1v) is 6.27. The molecule has 2 amide bonds. The van der Waals surface area contributed by atoms with Gasteiger partial charge in [-0.1, -0.05) is 38.7 Å². The Balaban J connectivity index is 2.12. The molecular weight excluding hydrogens is 202 g/mol. The first-order chi connectivity index (χ1) is 7.75. The Morgan fingerprint density at radius 1 is 1.06 bits per heavy atom. The largest absolute Gasteiger partial charge is 0.274 e. The SMILES string of the molecule is CCCCCCCC=CN1C(=O)CCC1=O. The van der Waals surface area contributed by atoms with Crippen LogP contribution in [0.4, 0.5) is 0 Å². The number of carbonyl (C=O) groups is 2. The number of likely N-dealkylation sites (tertiary alicyclic amines) is 1. The van der Waals surface area contributed by atoms with Gasteiger partial charge < -0.3 is 0 Å². The zero-order valence-electron chi connectivity index (χ0n) is 10.1. The third-order valence-electron chi connectivity index (χ3n) is 2.82. The summed E-state index contributed by atoms with van der Waals surface area (Å²) in [6.07, 6.45) is 11.5. The molecule has 0 spiro atoms. The van der Waals surface area contributed by atoms with Gasteiger partial charge in [0.15, 0.2) is 0 Å². The lowest BCUT2D eigenvalue weighted by Gasteiger charge is -2.06. The molecule has 0 aliphatic carbocycles. The van der Waals surface area contributed by atoms with Crippen molar-refractivity contribution in [2.45, 2.75) is 58.3 Å². The van der Waals surface area contributed by atoms with Gasteiger partial charge in [0, 0.05) is 19.0 Å². The molecule has 0 aromatic rings. The lowest BCUT2D eigenvalue weighted by atomic mass is 10.1. The van der Waals surface area contributed by atoms with Crippen molar-refractivity contribution >= 4 is 11.8 Å². The maximum Gasteiger partial charge on any atom is 0.233 e. The molecule has 0 N–H and O–H groups in total. The molecule has 0 aromatic heterocycles. The summed E-state index contributed by atoms with van der Waals surface area (Å²) in [6.45, 7) is 2.20. The van der Waals surface area contributed by atoms with Crippen molar-refractivity contribution in [3.8, 4) is 0 Å². The molecule has 0 unspecified atom stereocenters. The van der Waals surface area contributed by atoms with Gasteiger partial charge in [-0.2, -0.15) is 0 Å². The number of allylic oxidation sites excluding steroid dienone is 1. The average molecular weight is 223 g/mol. The molecule has 3 heteroatoms. The van der Waals surface area contributed by atoms with Gasteiger partial charge in [-0.25, -0.2) is 0 Å². The molecule has 1 aliphatic rings. The molecule has 16 heavy (non-hydrogen) atoms. The Morgan fingerprint density at radius 3 is 2.31 bits per heavy atom. The average Bonchev–Trinajstić information content (AvgIpc) is 2.59. The molecule has 0 aromatic carbocycles. The number of rotatable bonds is 7. The third kappa shape index (κ3) is 4.17. The fraction of sp³-hybridized carbons (Fsp3) is 0.692. The van der Waals surface area contributed by atoms with E-state index in [1.807, 2.05) is 6.08 Å². The summed E-state index contributed by atoms with van der Waals surface area (Å²) < 4.78 is 0. The monoisotopic (exact) mass is 223 g/mol. The number of hydrogen-bond donors (Lipinski definition) is 0. The van der Waals surface area contributed by atoms with Gasteiger partial charge in [0.25, 0.3) is 0 Å². The lowest BCUT2D eigenvalue weighted by Crippen LogP contribution is -2.22. The molecule has 0 radical (unpaired) electrons. The number of amides is 2. The second kappa shape index (κ2) is 7.20. The molecule has 90 valence electrons. The van der Waals surface area contributed by atoms with Crippen LogP contribution in [0.5, 0.6) is 0 Å². The van der Waals surface area contributed by atoms with Crippen LogP contribution in [0.15, 0.2) is 12.3 Å². The van der Waals surface area contributed by atoms with Crippen molar-refractivity contribution in [2.75, 3.05) is 0 Å². The van der Waals surface area contributed by atoms with E-state index in [9.17, 15) is 9.59 Å². The highest BCUT2D eigenvalue weighted by atomic mass is 16.2. The Morgan fingerprint density at radius 2 is 1.69 bits per heavy atom. The van der Waals surface area contributed by atoms with E-state index in [0.29, 0.717) is 12.8 Å². The van der Waals surface area contributed by atoms with Crippen LogP contribution in [0.3, 0.4) is 0 Å². The van der Waals surface area contributed by atoms with Gasteiger partial charge in [-0.05, 0) is 12.8 Å². The predicted molar refractivity (Wildman–Crippen MR) is 63.6 cm³/mol. The number of nitrogens with zero attached hydrogens (tertiary/aromatic N) is 1. The fourth-order valence-corrected chi connectivity index (χ4v) is 1.81. The highest BCUT2D eigenvalue weighted by Gasteiger charge is 2.26. The van der Waals surface area contributed by atoms with Gasteiger partial charge in [-0.15, -0.1) is 0 Å². The summed E-state index contributed by atoms with van der Waals surface area (Å²) in [5, 5.41) is 0. The molecule has 0 atom stereocenters. The number of unbranched alkanes of at least 4 members (excludes halogenated alkanes) is 5. The van der Waals surface area contributed by atoms with Gasteiger partial charge in [0.05, 0.1) is 0 Å². The Labute approximate surface area is 97.5 Å². The first-order valence-electron chi connectivity index (χ1n) is 6.27. The fourth-order valence-electron chi connectivity index (χ4n) is 1.81. The van der Waals surface area contributed by atoms with Gasteiger partial charge in [0.2, 0.25) is 11.8 Å². The molecule has 1 heterocycles. The molecule has 3 nitrogen and oxygen atoms in total. The summed E-state index contributed by atoms with van der Waals surface area (Å²) >= 11 is 0. The van der Waals surface area contributed by atoms with E-state index in [4.69, 9.17) is 0 Å². The Kier molecular flexibility index (Phi) is 5.83. The summed E-state index contributed by atoms with van der Waals surface area (Å²) in [7, 11) is 0. The molecule has 1 aliphatic heterocycles. The van der Waals surface area contributed by atoms with Crippen molar-refractivity contribution < 1.29 is 9.59 Å². The summed E-state index contributed by atoms with van der Waals surface area (Å²) in [5.74, 6) is -0.125. The quantitative estimate of drug-likeness (QED) is 0.491. The number of carbonyl (C=O) groups excluding carboxylic acids is 2. The first kappa shape index (κ1) is 12.9. The highest BCUT2D eigenvalue weighted by Crippen LogP contribution is 2.12. The van der Waals surface area contributed by atoms with E-state index in [1.165, 1.54) is 30.6 Å². The van der Waals surface area contributed by atoms with Gasteiger partial charge >= 0.3 is 0 Å². The van der Waals surface area contributed by atoms with E-state index < -0.39 is 0 Å². The van der Waals surface area contributed by atoms with E-state index in [-0.39, 0.29) is 11.8 Å². The van der Waals surface area contributed by atoms with Crippen LogP contribution >= 0.6 is 0 Å². The standard InChI is InChI=1S/C13H21NO2/c1-2-3-4-5-6-7-8-11-14-12(15)9-10-13(14)16/h8,11H,2-7,9-10H2,1H3. The molecule has 1 fully saturated rings. The van der Waals surface area contributed by atoms with Crippen molar-refractivity contribution in [3.05, 3.63) is 12.3 Å². The van der Waals surface area contributed by atoms with Crippen LogP contribution < -0.4 is 0 Å². The summed E-state index contributed by atoms with van der Waals surface area (Å²) in [5.41, 5.74) is 0. The van der Waals surface area contributed by atoms with E-state index >= 15 is 0 Å². The van der Waals surface area contributed by atoms with Crippen LogP contribution in [-0.2, 0) is 9.59 Å². The van der Waals surface area contributed by atoms with Crippen LogP contribution in [-0.4, -0.2) is 16.7 Å². The van der Waals surface area contributed by atoms with E-state index in [0.717, 1.165) is 12.8 Å². The molecule has 0 bridgehead atoms. The zero-order chi connectivity index (χ0) is 11.8. The minimum absolute atomic E-state index is 0.0627. The summed E-state index contributed by atoms with van der Waals surface area (Å²) in [4.78, 5) is 23.7. The van der Waals surface area contributed by atoms with E-state index in [1.54, 1.807) is 6.20 Å². The van der Waals surface area contributed by atoms with Crippen LogP contribution in [0, 0.1) is 0 Å².